The van der Waals surface area contributed by atoms with Crippen molar-refractivity contribution in [2.45, 2.75) is 37.6 Å². The lowest BCUT2D eigenvalue weighted by atomic mass is 10.1. The molecular formula is C15H20N2O3S. The quantitative estimate of drug-likeness (QED) is 0.813. The van der Waals surface area contributed by atoms with Crippen LogP contribution in [0.15, 0.2) is 24.3 Å². The van der Waals surface area contributed by atoms with Crippen molar-refractivity contribution in [3.63, 3.8) is 0 Å². The van der Waals surface area contributed by atoms with Gasteiger partial charge >= 0.3 is 5.97 Å². The van der Waals surface area contributed by atoms with E-state index in [1.807, 2.05) is 13.0 Å². The fourth-order valence-corrected chi connectivity index (χ4v) is 4.06. The highest BCUT2D eigenvalue weighted by Crippen LogP contribution is 2.32. The summed E-state index contributed by atoms with van der Waals surface area (Å²) in [7, 11) is 0. The van der Waals surface area contributed by atoms with Gasteiger partial charge in [-0.05, 0) is 24.1 Å². The number of nitrogens with two attached hydrogens (primary N) is 1. The first-order valence-corrected chi connectivity index (χ1v) is 8.07. The summed E-state index contributed by atoms with van der Waals surface area (Å²) in [5.74, 6) is -0.610. The Kier molecular flexibility index (Phi) is 5.12. The van der Waals surface area contributed by atoms with Crippen molar-refractivity contribution < 1.29 is 14.7 Å². The van der Waals surface area contributed by atoms with E-state index in [4.69, 9.17) is 5.73 Å². The summed E-state index contributed by atoms with van der Waals surface area (Å²) in [5, 5.41) is 9.26. The molecular weight excluding hydrogens is 288 g/mol. The number of aliphatic carboxylic acids is 1. The molecule has 1 aromatic carbocycles. The summed E-state index contributed by atoms with van der Waals surface area (Å²) >= 11 is 1.55. The number of rotatable bonds is 5. The third-order valence-electron chi connectivity index (χ3n) is 3.51. The van der Waals surface area contributed by atoms with Gasteiger partial charge in [0, 0.05) is 11.4 Å². The zero-order valence-corrected chi connectivity index (χ0v) is 12.8. The molecule has 1 heterocycles. The number of anilines is 1. The Labute approximate surface area is 128 Å². The van der Waals surface area contributed by atoms with Crippen LogP contribution in [0.25, 0.3) is 0 Å². The van der Waals surface area contributed by atoms with E-state index in [2.05, 4.69) is 0 Å². The number of nitrogens with zero attached hydrogens (tertiary/aromatic N) is 1. The average molecular weight is 308 g/mol. The first-order chi connectivity index (χ1) is 10.0. The molecule has 114 valence electrons. The molecule has 0 spiro atoms. The van der Waals surface area contributed by atoms with E-state index >= 15 is 0 Å². The molecule has 1 aliphatic rings. The van der Waals surface area contributed by atoms with E-state index in [1.165, 1.54) is 0 Å². The molecule has 1 fully saturated rings. The van der Waals surface area contributed by atoms with E-state index in [1.54, 1.807) is 34.9 Å². The molecule has 5 nitrogen and oxygen atoms in total. The van der Waals surface area contributed by atoms with Gasteiger partial charge in [-0.25, -0.2) is 4.79 Å². The highest BCUT2D eigenvalue weighted by Gasteiger charge is 2.40. The van der Waals surface area contributed by atoms with Crippen LogP contribution in [-0.4, -0.2) is 39.1 Å². The molecule has 1 amide bonds. The second kappa shape index (κ2) is 6.85. The highest BCUT2D eigenvalue weighted by atomic mass is 32.2. The lowest BCUT2D eigenvalue weighted by molar-refractivity contribution is -0.148. The maximum atomic E-state index is 12.5. The zero-order valence-electron chi connectivity index (χ0n) is 12.0. The summed E-state index contributed by atoms with van der Waals surface area (Å²) < 4.78 is 0. The SMILES string of the molecule is CCCC1SCC(C(=O)O)N1C(=O)Cc1cccc(N)c1. The first kappa shape index (κ1) is 15.7. The van der Waals surface area contributed by atoms with Gasteiger partial charge in [0.05, 0.1) is 11.8 Å². The molecule has 1 aliphatic heterocycles. The number of carbonyl (C=O) groups excluding carboxylic acids is 1. The van der Waals surface area contributed by atoms with Crippen molar-refractivity contribution in [2.24, 2.45) is 0 Å². The number of benzene rings is 1. The number of carbonyl (C=O) groups is 2. The van der Waals surface area contributed by atoms with E-state index in [-0.39, 0.29) is 17.7 Å². The van der Waals surface area contributed by atoms with Crippen molar-refractivity contribution >= 4 is 29.3 Å². The normalized spacial score (nSPS) is 21.5. The van der Waals surface area contributed by atoms with Crippen molar-refractivity contribution in [1.82, 2.24) is 4.90 Å². The molecule has 3 N–H and O–H groups in total. The van der Waals surface area contributed by atoms with Crippen molar-refractivity contribution in [1.29, 1.82) is 0 Å². The Morgan fingerprint density at radius 1 is 1.48 bits per heavy atom. The minimum Gasteiger partial charge on any atom is -0.480 e. The summed E-state index contributed by atoms with van der Waals surface area (Å²) in [6, 6.07) is 6.43. The molecule has 0 radical (unpaired) electrons. The van der Waals surface area contributed by atoms with Gasteiger partial charge < -0.3 is 15.7 Å². The molecule has 0 bridgehead atoms. The third-order valence-corrected chi connectivity index (χ3v) is 4.86. The fraction of sp³-hybridized carbons (Fsp3) is 0.467. The zero-order chi connectivity index (χ0) is 15.4. The molecule has 2 unspecified atom stereocenters. The lowest BCUT2D eigenvalue weighted by Gasteiger charge is -2.27. The molecule has 0 aliphatic carbocycles. The second-order valence-corrected chi connectivity index (χ2v) is 6.36. The predicted molar refractivity (Wildman–Crippen MR) is 84.0 cm³/mol. The smallest absolute Gasteiger partial charge is 0.327 e. The number of carboxylic acids is 1. The van der Waals surface area contributed by atoms with Crippen LogP contribution in [-0.2, 0) is 16.0 Å². The molecule has 1 saturated heterocycles. The van der Waals surface area contributed by atoms with Crippen LogP contribution in [0.1, 0.15) is 25.3 Å². The Balaban J connectivity index is 2.14. The van der Waals surface area contributed by atoms with E-state index < -0.39 is 12.0 Å². The largest absolute Gasteiger partial charge is 0.480 e. The summed E-state index contributed by atoms with van der Waals surface area (Å²) in [6.07, 6.45) is 1.93. The number of amides is 1. The van der Waals surface area contributed by atoms with Crippen LogP contribution in [0.2, 0.25) is 0 Å². The summed E-state index contributed by atoms with van der Waals surface area (Å²) in [4.78, 5) is 25.4. The van der Waals surface area contributed by atoms with Gasteiger partial charge in [-0.1, -0.05) is 25.5 Å². The topological polar surface area (TPSA) is 83.6 Å². The number of hydrogen-bond donors (Lipinski definition) is 2. The van der Waals surface area contributed by atoms with Gasteiger partial charge in [0.25, 0.3) is 0 Å². The minimum atomic E-state index is -0.929. The summed E-state index contributed by atoms with van der Waals surface area (Å²) in [5.41, 5.74) is 7.14. The maximum Gasteiger partial charge on any atom is 0.327 e. The minimum absolute atomic E-state index is 0.0374. The van der Waals surface area contributed by atoms with E-state index in [0.29, 0.717) is 11.4 Å². The molecule has 6 heteroatoms. The molecule has 0 aromatic heterocycles. The van der Waals surface area contributed by atoms with Crippen molar-refractivity contribution in [3.8, 4) is 0 Å². The van der Waals surface area contributed by atoms with E-state index in [0.717, 1.165) is 18.4 Å². The van der Waals surface area contributed by atoms with Crippen LogP contribution in [0.3, 0.4) is 0 Å². The molecule has 1 aromatic rings. The Morgan fingerprint density at radius 3 is 2.86 bits per heavy atom. The van der Waals surface area contributed by atoms with Crippen LogP contribution >= 0.6 is 11.8 Å². The van der Waals surface area contributed by atoms with Gasteiger partial charge in [-0.2, -0.15) is 0 Å². The highest BCUT2D eigenvalue weighted by molar-refractivity contribution is 8.00. The standard InChI is InChI=1S/C15H20N2O3S/c1-2-4-14-17(12(9-21-14)15(19)20)13(18)8-10-5-3-6-11(16)7-10/h3,5-7,12,14H,2,4,8-9,16H2,1H3,(H,19,20). The number of thioether (sulfide) groups is 1. The monoisotopic (exact) mass is 308 g/mol. The predicted octanol–water partition coefficient (Wildman–Crippen LogP) is 1.97. The molecule has 2 atom stereocenters. The number of hydrogen-bond acceptors (Lipinski definition) is 4. The van der Waals surface area contributed by atoms with Crippen LogP contribution in [0.4, 0.5) is 5.69 Å². The number of nitrogen functional groups attached to an aromatic ring is 1. The third kappa shape index (κ3) is 3.69. The van der Waals surface area contributed by atoms with Gasteiger partial charge in [-0.15, -0.1) is 11.8 Å². The second-order valence-electron chi connectivity index (χ2n) is 5.15. The number of carboxylic acid groups (broad SMARTS) is 1. The molecule has 2 rings (SSSR count). The molecule has 0 saturated carbocycles. The van der Waals surface area contributed by atoms with Crippen LogP contribution < -0.4 is 5.73 Å². The lowest BCUT2D eigenvalue weighted by Crippen LogP contribution is -2.46. The van der Waals surface area contributed by atoms with E-state index in [9.17, 15) is 14.7 Å². The molecule has 21 heavy (non-hydrogen) atoms. The van der Waals surface area contributed by atoms with Crippen LogP contribution in [0.5, 0.6) is 0 Å². The Morgan fingerprint density at radius 2 is 2.24 bits per heavy atom. The maximum absolute atomic E-state index is 12.5. The van der Waals surface area contributed by atoms with Gasteiger partial charge in [0.15, 0.2) is 0 Å². The van der Waals surface area contributed by atoms with Crippen LogP contribution in [0, 0.1) is 0 Å². The Bertz CT molecular complexity index is 535. The van der Waals surface area contributed by atoms with Gasteiger partial charge in [-0.3, -0.25) is 4.79 Å². The Hall–Kier alpha value is -1.69. The van der Waals surface area contributed by atoms with Crippen molar-refractivity contribution in [3.05, 3.63) is 29.8 Å². The van der Waals surface area contributed by atoms with Gasteiger partial charge in [0.1, 0.15) is 6.04 Å². The fourth-order valence-electron chi connectivity index (χ4n) is 2.53. The average Bonchev–Trinajstić information content (AvgIpc) is 2.83. The van der Waals surface area contributed by atoms with Crippen molar-refractivity contribution in [2.75, 3.05) is 11.5 Å². The first-order valence-electron chi connectivity index (χ1n) is 7.03. The van der Waals surface area contributed by atoms with Gasteiger partial charge in [0.2, 0.25) is 5.91 Å². The summed E-state index contributed by atoms with van der Waals surface area (Å²) in [6.45, 7) is 2.04.